The molecule has 1 saturated heterocycles. The summed E-state index contributed by atoms with van der Waals surface area (Å²) >= 11 is 0. The van der Waals surface area contributed by atoms with Gasteiger partial charge in [0.05, 0.1) is 17.6 Å². The smallest absolute Gasteiger partial charge is 0.302 e. The van der Waals surface area contributed by atoms with Gasteiger partial charge in [-0.15, -0.1) is 0 Å². The molecule has 8 atom stereocenters. The Kier molecular flexibility index (Phi) is 13.0. The number of rotatable bonds is 7. The molecular weight excluding hydrogens is 618 g/mol. The number of benzene rings is 1. The van der Waals surface area contributed by atoms with Gasteiger partial charge in [0.2, 0.25) is 0 Å². The van der Waals surface area contributed by atoms with Crippen molar-refractivity contribution < 1.29 is 39.8 Å². The molecule has 3 aliphatic rings. The number of hydrogen-bond acceptors (Lipinski definition) is 11. The van der Waals surface area contributed by atoms with E-state index in [0.717, 1.165) is 25.8 Å². The van der Waals surface area contributed by atoms with Gasteiger partial charge in [-0.2, -0.15) is 0 Å². The number of carbonyl (C=O) groups excluding carboxylic acids is 1. The summed E-state index contributed by atoms with van der Waals surface area (Å²) in [6.45, 7) is 4.63. The highest BCUT2D eigenvalue weighted by Gasteiger charge is 2.41. The van der Waals surface area contributed by atoms with Crippen LogP contribution in [0.25, 0.3) is 0 Å². The normalized spacial score (nSPS) is 32.1. The number of nitrogens with one attached hydrogen (secondary N) is 3. The van der Waals surface area contributed by atoms with Crippen molar-refractivity contribution in [3.8, 4) is 23.3 Å². The van der Waals surface area contributed by atoms with Crippen LogP contribution in [0.5, 0.6) is 11.5 Å². The summed E-state index contributed by atoms with van der Waals surface area (Å²) in [4.78, 5) is 16.5. The molecule has 268 valence electrons. The fraction of sp³-hybridized carbons (Fsp3) is 0.714. The van der Waals surface area contributed by atoms with Gasteiger partial charge in [-0.1, -0.05) is 18.3 Å². The van der Waals surface area contributed by atoms with E-state index >= 15 is 0 Å². The molecule has 0 aromatic heterocycles. The number of hydrogen-bond donors (Lipinski definition) is 9. The summed E-state index contributed by atoms with van der Waals surface area (Å²) in [6.07, 6.45) is -0.115. The maximum absolute atomic E-state index is 12.5. The molecule has 0 amide bonds. The first-order valence-corrected chi connectivity index (χ1v) is 17.1. The number of phenolic OH excluding ortho intramolecular Hbond substituents is 1. The van der Waals surface area contributed by atoms with Gasteiger partial charge in [0, 0.05) is 62.8 Å². The predicted octanol–water partition coefficient (Wildman–Crippen LogP) is 0.804. The minimum atomic E-state index is -1.89. The van der Waals surface area contributed by atoms with Crippen molar-refractivity contribution in [2.75, 3.05) is 33.7 Å². The van der Waals surface area contributed by atoms with Crippen LogP contribution in [0.1, 0.15) is 82.6 Å². The Morgan fingerprint density at radius 1 is 1.23 bits per heavy atom. The second-order valence-electron chi connectivity index (χ2n) is 13.9. The van der Waals surface area contributed by atoms with E-state index in [9.17, 15) is 30.3 Å². The average Bonchev–Trinajstić information content (AvgIpc) is 3.03. The molecule has 1 aromatic rings. The number of carbonyl (C=O) groups is 1. The molecule has 48 heavy (non-hydrogen) atoms. The summed E-state index contributed by atoms with van der Waals surface area (Å²) in [5.41, 5.74) is 5.31. The van der Waals surface area contributed by atoms with E-state index in [1.165, 1.54) is 13.0 Å². The Bertz CT molecular complexity index is 1340. The Hall–Kier alpha value is -3.12. The maximum atomic E-state index is 12.5. The minimum Gasteiger partial charge on any atom is -0.504 e. The first-order valence-electron chi connectivity index (χ1n) is 17.1. The van der Waals surface area contributed by atoms with Crippen LogP contribution in [-0.4, -0.2) is 101 Å². The van der Waals surface area contributed by atoms with E-state index in [-0.39, 0.29) is 60.5 Å². The van der Waals surface area contributed by atoms with Crippen molar-refractivity contribution in [1.29, 1.82) is 0 Å². The number of piperidine rings is 1. The van der Waals surface area contributed by atoms with Gasteiger partial charge in [-0.3, -0.25) is 9.79 Å². The van der Waals surface area contributed by atoms with Crippen molar-refractivity contribution in [3.05, 3.63) is 23.3 Å². The van der Waals surface area contributed by atoms with Crippen LogP contribution in [0.2, 0.25) is 0 Å². The fourth-order valence-electron chi connectivity index (χ4n) is 7.67. The molecule has 0 spiro atoms. The zero-order valence-corrected chi connectivity index (χ0v) is 28.7. The number of phenols is 1. The Morgan fingerprint density at radius 2 is 2.00 bits per heavy atom. The van der Waals surface area contributed by atoms with Gasteiger partial charge in [0.15, 0.2) is 23.7 Å². The Morgan fingerprint density at radius 3 is 2.67 bits per heavy atom. The standard InChI is InChI=1S/C35H55N5O8/c1-21(41)34(19-39-33(36)38-4)11-7-23-6-5-10-35(20-37-3)18-26(9-13-40-35)48-31-15-24(28(32(45)46)17-29(31)44)14-27(23)30(47-22(2)42)16-25(43)8-12-34/h15,17,21,23,25-27,30,32,37,40-41,43-46H,5-6,8-10,12-14,16,18-20H2,1-4H3,(H3,36,38,39)/t21-,23+,25-,26-,27-,30-,34+,35+/m0/s1. The van der Waals surface area contributed by atoms with Gasteiger partial charge in [0.1, 0.15) is 12.2 Å². The lowest BCUT2D eigenvalue weighted by molar-refractivity contribution is -0.152. The topological polar surface area (TPSA) is 211 Å². The molecule has 2 aliphatic heterocycles. The average molecular weight is 674 g/mol. The van der Waals surface area contributed by atoms with Gasteiger partial charge < -0.3 is 56.7 Å². The van der Waals surface area contributed by atoms with E-state index in [1.807, 2.05) is 7.05 Å². The number of aromatic hydroxyl groups is 1. The molecule has 13 nitrogen and oxygen atoms in total. The van der Waals surface area contributed by atoms with E-state index in [0.29, 0.717) is 31.4 Å². The molecule has 0 unspecified atom stereocenters. The summed E-state index contributed by atoms with van der Waals surface area (Å²) in [6, 6.07) is 2.96. The van der Waals surface area contributed by atoms with Crippen LogP contribution < -0.4 is 26.4 Å². The number of nitrogens with zero attached hydrogens (tertiary/aromatic N) is 1. The maximum Gasteiger partial charge on any atom is 0.302 e. The number of esters is 1. The monoisotopic (exact) mass is 673 g/mol. The molecule has 1 aromatic carbocycles. The third-order valence-corrected chi connectivity index (χ3v) is 10.4. The summed E-state index contributed by atoms with van der Waals surface area (Å²) in [7, 11) is 3.48. The van der Waals surface area contributed by atoms with Gasteiger partial charge in [-0.05, 0) is 76.7 Å². The molecule has 0 saturated carbocycles. The van der Waals surface area contributed by atoms with Gasteiger partial charge >= 0.3 is 5.97 Å². The number of nitrogens with two attached hydrogens (primary N) is 1. The quantitative estimate of drug-likeness (QED) is 0.0647. The zero-order valence-electron chi connectivity index (χ0n) is 28.7. The molecule has 10 N–H and O–H groups in total. The van der Waals surface area contributed by atoms with Crippen molar-refractivity contribution in [2.45, 2.75) is 108 Å². The second-order valence-corrected chi connectivity index (χ2v) is 13.9. The molecule has 1 aliphatic carbocycles. The van der Waals surface area contributed by atoms with Crippen LogP contribution >= 0.6 is 0 Å². The van der Waals surface area contributed by atoms with Gasteiger partial charge in [0.25, 0.3) is 0 Å². The number of aliphatic hydroxyl groups is 4. The number of ether oxygens (including phenoxy) is 2. The molecular formula is C35H55N5O8. The molecule has 13 heteroatoms. The SMILES string of the molecule is CN=C(N)NC[C@@]1([C@H](C)O)C#C[C@H]2CCC[C@]3(CNC)C[C@H](CCN3)Oc3cc(c(C(O)O)cc3O)C[C@@H]2[C@@H](OC(C)=O)C[C@@H](O)CC1. The molecule has 4 rings (SSSR count). The lowest BCUT2D eigenvalue weighted by Crippen LogP contribution is -2.58. The van der Waals surface area contributed by atoms with Crippen molar-refractivity contribution in [3.63, 3.8) is 0 Å². The number of likely N-dealkylation sites (N-methyl/N-ethyl adjacent to an activating group) is 1. The van der Waals surface area contributed by atoms with E-state index in [1.54, 1.807) is 20.0 Å². The van der Waals surface area contributed by atoms with Crippen LogP contribution in [0.3, 0.4) is 0 Å². The lowest BCUT2D eigenvalue weighted by Gasteiger charge is -2.42. The highest BCUT2D eigenvalue weighted by atomic mass is 16.5. The first kappa shape index (κ1) is 37.7. The van der Waals surface area contributed by atoms with Crippen molar-refractivity contribution in [1.82, 2.24) is 16.0 Å². The molecule has 2 heterocycles. The second kappa shape index (κ2) is 16.5. The van der Waals surface area contributed by atoms with Gasteiger partial charge in [-0.25, -0.2) is 0 Å². The van der Waals surface area contributed by atoms with Crippen LogP contribution in [-0.2, 0) is 16.0 Å². The molecule has 0 radical (unpaired) electrons. The largest absolute Gasteiger partial charge is 0.504 e. The van der Waals surface area contributed by atoms with Crippen LogP contribution in [0.15, 0.2) is 17.1 Å². The van der Waals surface area contributed by atoms with Crippen LogP contribution in [0.4, 0.5) is 0 Å². The lowest BCUT2D eigenvalue weighted by atomic mass is 9.72. The Labute approximate surface area is 283 Å². The summed E-state index contributed by atoms with van der Waals surface area (Å²) < 4.78 is 12.4. The molecule has 1 fully saturated rings. The molecule has 4 bridgehead atoms. The van der Waals surface area contributed by atoms with E-state index < -0.39 is 47.8 Å². The van der Waals surface area contributed by atoms with E-state index in [4.69, 9.17) is 15.2 Å². The third-order valence-electron chi connectivity index (χ3n) is 10.4. The summed E-state index contributed by atoms with van der Waals surface area (Å²) in [5, 5.41) is 64.4. The van der Waals surface area contributed by atoms with Crippen LogP contribution in [0, 0.1) is 29.1 Å². The Balaban J connectivity index is 1.92. The van der Waals surface area contributed by atoms with Crippen molar-refractivity contribution >= 4 is 11.9 Å². The predicted molar refractivity (Wildman–Crippen MR) is 181 cm³/mol. The third kappa shape index (κ3) is 9.31. The first-order chi connectivity index (χ1) is 22.8. The van der Waals surface area contributed by atoms with E-state index in [2.05, 4.69) is 32.8 Å². The number of aliphatic hydroxyl groups excluding tert-OH is 3. The fourth-order valence-corrected chi connectivity index (χ4v) is 7.67. The highest BCUT2D eigenvalue weighted by Crippen LogP contribution is 2.41. The number of aliphatic imine (C=N–C) groups is 1. The number of guanidine groups is 1. The summed E-state index contributed by atoms with van der Waals surface area (Å²) in [5.74, 6) is 5.77. The minimum absolute atomic E-state index is 0.104. The number of fused-ring (bicyclic) bond motifs is 5. The van der Waals surface area contributed by atoms with Crippen molar-refractivity contribution in [2.24, 2.45) is 28.0 Å². The highest BCUT2D eigenvalue weighted by molar-refractivity contribution is 5.77. The zero-order chi connectivity index (χ0) is 35.1.